The lowest BCUT2D eigenvalue weighted by molar-refractivity contribution is 0.0953. The third kappa shape index (κ3) is 5.48. The van der Waals surface area contributed by atoms with Gasteiger partial charge in [-0.05, 0) is 24.6 Å². The van der Waals surface area contributed by atoms with E-state index in [1.54, 1.807) is 6.07 Å². The van der Waals surface area contributed by atoms with E-state index in [4.69, 9.17) is 11.6 Å². The van der Waals surface area contributed by atoms with E-state index in [1.165, 1.54) is 12.1 Å². The number of carbonyl (C=O) groups excluding carboxylic acids is 1. The number of halogens is 1. The highest BCUT2D eigenvalue weighted by molar-refractivity contribution is 7.92. The minimum atomic E-state index is -3.43. The zero-order chi connectivity index (χ0) is 14.5. The zero-order valence-corrected chi connectivity index (χ0v) is 12.4. The summed E-state index contributed by atoms with van der Waals surface area (Å²) in [5, 5.41) is 3.00. The number of unbranched alkanes of at least 4 members (excludes halogenated alkanes) is 1. The first-order valence-corrected chi connectivity index (χ1v) is 8.16. The second-order valence-electron chi connectivity index (χ2n) is 4.18. The molecular formula is C12H17ClN2O3S. The first-order valence-electron chi connectivity index (χ1n) is 5.89. The molecule has 2 N–H and O–H groups in total. The summed E-state index contributed by atoms with van der Waals surface area (Å²) in [6.45, 7) is 2.62. The summed E-state index contributed by atoms with van der Waals surface area (Å²) in [7, 11) is -3.43. The molecule has 106 valence electrons. The van der Waals surface area contributed by atoms with E-state index in [-0.39, 0.29) is 16.6 Å². The fourth-order valence-electron chi connectivity index (χ4n) is 1.43. The number of sulfonamides is 1. The average Bonchev–Trinajstić information content (AvgIpc) is 2.30. The molecule has 0 aliphatic carbocycles. The van der Waals surface area contributed by atoms with Gasteiger partial charge >= 0.3 is 0 Å². The highest BCUT2D eigenvalue weighted by Crippen LogP contribution is 2.23. The summed E-state index contributed by atoms with van der Waals surface area (Å²) in [5.74, 6) is -0.248. The van der Waals surface area contributed by atoms with Crippen molar-refractivity contribution in [3.8, 4) is 0 Å². The first-order chi connectivity index (χ1) is 8.83. The molecule has 1 aromatic rings. The van der Waals surface area contributed by atoms with Crippen LogP contribution in [0.1, 0.15) is 30.1 Å². The third-order valence-electron chi connectivity index (χ3n) is 2.34. The van der Waals surface area contributed by atoms with Crippen LogP contribution in [0.2, 0.25) is 5.02 Å². The van der Waals surface area contributed by atoms with Crippen LogP contribution in [-0.2, 0) is 10.0 Å². The van der Waals surface area contributed by atoms with Crippen LogP contribution in [0.5, 0.6) is 0 Å². The minimum Gasteiger partial charge on any atom is -0.352 e. The van der Waals surface area contributed by atoms with Gasteiger partial charge in [-0.1, -0.05) is 24.9 Å². The van der Waals surface area contributed by atoms with Crippen molar-refractivity contribution in [3.05, 3.63) is 28.8 Å². The molecule has 0 aliphatic heterocycles. The fourth-order valence-corrected chi connectivity index (χ4v) is 2.21. The maximum Gasteiger partial charge on any atom is 0.251 e. The Morgan fingerprint density at radius 3 is 2.63 bits per heavy atom. The van der Waals surface area contributed by atoms with Gasteiger partial charge in [-0.2, -0.15) is 0 Å². The van der Waals surface area contributed by atoms with E-state index in [0.717, 1.165) is 19.1 Å². The molecule has 5 nitrogen and oxygen atoms in total. The summed E-state index contributed by atoms with van der Waals surface area (Å²) in [4.78, 5) is 11.8. The molecule has 0 fully saturated rings. The molecule has 7 heteroatoms. The lowest BCUT2D eigenvalue weighted by Crippen LogP contribution is -2.24. The van der Waals surface area contributed by atoms with Gasteiger partial charge in [0.25, 0.3) is 5.91 Å². The fraction of sp³-hybridized carbons (Fsp3) is 0.417. The Bertz CT molecular complexity index is 558. The molecule has 0 saturated carbocycles. The molecule has 0 spiro atoms. The topological polar surface area (TPSA) is 75.3 Å². The second-order valence-corrected chi connectivity index (χ2v) is 6.33. The van der Waals surface area contributed by atoms with Crippen LogP contribution < -0.4 is 10.0 Å². The molecule has 0 aromatic heterocycles. The van der Waals surface area contributed by atoms with E-state index in [0.29, 0.717) is 12.1 Å². The van der Waals surface area contributed by atoms with Gasteiger partial charge in [0.15, 0.2) is 0 Å². The van der Waals surface area contributed by atoms with Gasteiger partial charge in [-0.25, -0.2) is 8.42 Å². The van der Waals surface area contributed by atoms with Gasteiger partial charge in [0.1, 0.15) is 0 Å². The number of rotatable bonds is 6. The number of hydrogen-bond acceptors (Lipinski definition) is 3. The Labute approximate surface area is 118 Å². The van der Waals surface area contributed by atoms with Gasteiger partial charge < -0.3 is 5.32 Å². The van der Waals surface area contributed by atoms with Crippen LogP contribution >= 0.6 is 11.6 Å². The van der Waals surface area contributed by atoms with E-state index in [9.17, 15) is 13.2 Å². The maximum atomic E-state index is 11.8. The van der Waals surface area contributed by atoms with E-state index in [1.807, 2.05) is 6.92 Å². The van der Waals surface area contributed by atoms with E-state index in [2.05, 4.69) is 10.0 Å². The van der Waals surface area contributed by atoms with Crippen LogP contribution in [0, 0.1) is 0 Å². The maximum absolute atomic E-state index is 11.8. The smallest absolute Gasteiger partial charge is 0.251 e. The molecule has 0 unspecified atom stereocenters. The number of carbonyl (C=O) groups is 1. The molecule has 19 heavy (non-hydrogen) atoms. The summed E-state index contributed by atoms with van der Waals surface area (Å²) in [5.41, 5.74) is 0.568. The Morgan fingerprint density at radius 2 is 2.05 bits per heavy atom. The molecule has 1 amide bonds. The molecule has 0 atom stereocenters. The monoisotopic (exact) mass is 304 g/mol. The molecule has 0 saturated heterocycles. The predicted molar refractivity (Wildman–Crippen MR) is 77.2 cm³/mol. The number of anilines is 1. The number of nitrogens with one attached hydrogen (secondary N) is 2. The average molecular weight is 305 g/mol. The van der Waals surface area contributed by atoms with Crippen molar-refractivity contribution in [3.63, 3.8) is 0 Å². The van der Waals surface area contributed by atoms with Gasteiger partial charge in [0, 0.05) is 12.1 Å². The van der Waals surface area contributed by atoms with Gasteiger partial charge in [0.05, 0.1) is 17.0 Å². The van der Waals surface area contributed by atoms with Crippen LogP contribution in [0.4, 0.5) is 5.69 Å². The number of hydrogen-bond donors (Lipinski definition) is 2. The Hall–Kier alpha value is -1.27. The van der Waals surface area contributed by atoms with Crippen molar-refractivity contribution in [2.45, 2.75) is 19.8 Å². The molecular weight excluding hydrogens is 288 g/mol. The summed E-state index contributed by atoms with van der Waals surface area (Å²) in [6.07, 6.45) is 2.91. The van der Waals surface area contributed by atoms with Crippen molar-refractivity contribution >= 4 is 33.2 Å². The third-order valence-corrected chi connectivity index (χ3v) is 3.26. The lowest BCUT2D eigenvalue weighted by Gasteiger charge is -2.09. The van der Waals surface area contributed by atoms with Crippen molar-refractivity contribution in [2.75, 3.05) is 17.5 Å². The largest absolute Gasteiger partial charge is 0.352 e. The molecule has 1 rings (SSSR count). The summed E-state index contributed by atoms with van der Waals surface area (Å²) >= 11 is 5.88. The molecule has 1 aromatic carbocycles. The van der Waals surface area contributed by atoms with Crippen LogP contribution in [0.25, 0.3) is 0 Å². The Morgan fingerprint density at radius 1 is 1.37 bits per heavy atom. The lowest BCUT2D eigenvalue weighted by atomic mass is 10.2. The Kier molecular flexibility index (Phi) is 5.62. The highest BCUT2D eigenvalue weighted by atomic mass is 35.5. The van der Waals surface area contributed by atoms with Crippen LogP contribution in [0.3, 0.4) is 0 Å². The summed E-state index contributed by atoms with van der Waals surface area (Å²) < 4.78 is 24.6. The van der Waals surface area contributed by atoms with Crippen LogP contribution in [-0.4, -0.2) is 27.1 Å². The van der Waals surface area contributed by atoms with Gasteiger partial charge in [-0.3, -0.25) is 9.52 Å². The van der Waals surface area contributed by atoms with Crippen molar-refractivity contribution in [1.29, 1.82) is 0 Å². The highest BCUT2D eigenvalue weighted by Gasteiger charge is 2.11. The van der Waals surface area contributed by atoms with Gasteiger partial charge in [0.2, 0.25) is 10.0 Å². The summed E-state index contributed by atoms with van der Waals surface area (Å²) in [6, 6.07) is 4.46. The SMILES string of the molecule is CCCCNC(=O)c1ccc(Cl)c(NS(C)(=O)=O)c1. The first kappa shape index (κ1) is 15.8. The van der Waals surface area contributed by atoms with E-state index < -0.39 is 10.0 Å². The van der Waals surface area contributed by atoms with Crippen molar-refractivity contribution in [2.24, 2.45) is 0 Å². The number of amides is 1. The zero-order valence-electron chi connectivity index (χ0n) is 10.9. The normalized spacial score (nSPS) is 11.1. The molecule has 0 aliphatic rings. The van der Waals surface area contributed by atoms with Crippen molar-refractivity contribution < 1.29 is 13.2 Å². The molecule has 0 radical (unpaired) electrons. The van der Waals surface area contributed by atoms with E-state index >= 15 is 0 Å². The minimum absolute atomic E-state index is 0.201. The quantitative estimate of drug-likeness (QED) is 0.791. The van der Waals surface area contributed by atoms with Crippen molar-refractivity contribution in [1.82, 2.24) is 5.32 Å². The van der Waals surface area contributed by atoms with Gasteiger partial charge in [-0.15, -0.1) is 0 Å². The second kappa shape index (κ2) is 6.77. The molecule has 0 heterocycles. The predicted octanol–water partition coefficient (Wildman–Crippen LogP) is 2.24. The number of benzene rings is 1. The van der Waals surface area contributed by atoms with Crippen LogP contribution in [0.15, 0.2) is 18.2 Å². The standard InChI is InChI=1S/C12H17ClN2O3S/c1-3-4-7-14-12(16)9-5-6-10(13)11(8-9)15-19(2,17)18/h5-6,8,15H,3-4,7H2,1-2H3,(H,14,16). The Balaban J connectivity index is 2.86. The molecule has 0 bridgehead atoms.